The first-order chi connectivity index (χ1) is 25.0. The van der Waals surface area contributed by atoms with Gasteiger partial charge < -0.3 is 65.7 Å². The molecule has 0 aliphatic heterocycles. The lowest BCUT2D eigenvalue weighted by Gasteiger charge is -2.26. The van der Waals surface area contributed by atoms with Gasteiger partial charge in [0.2, 0.25) is 47.3 Å². The lowest BCUT2D eigenvalue weighted by atomic mass is 10.0. The summed E-state index contributed by atoms with van der Waals surface area (Å²) in [6, 6.07) is -7.67. The zero-order valence-corrected chi connectivity index (χ0v) is 31.1. The maximum absolute atomic E-state index is 13.5. The van der Waals surface area contributed by atoms with Gasteiger partial charge in [-0.25, -0.2) is 4.79 Å². The van der Waals surface area contributed by atoms with Gasteiger partial charge in [-0.3, -0.25) is 38.4 Å². The van der Waals surface area contributed by atoms with Gasteiger partial charge in [0.25, 0.3) is 0 Å². The first kappa shape index (κ1) is 48.5. The van der Waals surface area contributed by atoms with Crippen LogP contribution in [0.15, 0.2) is 0 Å². The number of unbranched alkanes of at least 4 members (excludes halogenated alkanes) is 2. The molecule has 0 aromatic heterocycles. The molecule has 8 amide bonds. The predicted molar refractivity (Wildman–Crippen MR) is 195 cm³/mol. The summed E-state index contributed by atoms with van der Waals surface area (Å²) >= 11 is 1.39. The number of hydrogen-bond acceptors (Lipinski definition) is 13. The number of carboxylic acid groups (broad SMARTS) is 1. The SMILES string of the molecule is CSCC[C@H](NC(=O)[C@H](C)N)C(=O)N[C@@H](CC(N)=O)C(=O)N[C@@H](CCCCN)C(=O)N[C@@H](CCC(N)=O)C(=O)NCC(=O)N[C@@H](CCCCN)C(=O)O. The van der Waals surface area contributed by atoms with Crippen LogP contribution in [0.2, 0.25) is 0 Å². The molecule has 0 saturated heterocycles. The second-order valence-electron chi connectivity index (χ2n) is 12.2. The summed E-state index contributed by atoms with van der Waals surface area (Å²) in [5.74, 6) is -7.68. The lowest BCUT2D eigenvalue weighted by Crippen LogP contribution is -2.59. The topological polar surface area (TPSA) is 376 Å². The van der Waals surface area contributed by atoms with E-state index in [9.17, 15) is 48.3 Å². The van der Waals surface area contributed by atoms with E-state index in [0.29, 0.717) is 38.0 Å². The summed E-state index contributed by atoms with van der Waals surface area (Å²) in [6.45, 7) is 1.33. The molecular weight excluding hydrogens is 718 g/mol. The van der Waals surface area contributed by atoms with Crippen molar-refractivity contribution in [3.8, 4) is 0 Å². The van der Waals surface area contributed by atoms with Crippen LogP contribution >= 0.6 is 11.8 Å². The normalized spacial score (nSPS) is 14.2. The highest BCUT2D eigenvalue weighted by molar-refractivity contribution is 7.98. The summed E-state index contributed by atoms with van der Waals surface area (Å²) in [5.41, 5.74) is 27.2. The maximum atomic E-state index is 13.5. The summed E-state index contributed by atoms with van der Waals surface area (Å²) < 4.78 is 0. The maximum Gasteiger partial charge on any atom is 0.326 e. The van der Waals surface area contributed by atoms with E-state index in [1.807, 2.05) is 0 Å². The van der Waals surface area contributed by atoms with Gasteiger partial charge in [-0.1, -0.05) is 0 Å². The lowest BCUT2D eigenvalue weighted by molar-refractivity contribution is -0.142. The van der Waals surface area contributed by atoms with Crippen LogP contribution in [0, 0.1) is 0 Å². The monoisotopic (exact) mass is 775 g/mol. The minimum Gasteiger partial charge on any atom is -0.480 e. The molecule has 53 heavy (non-hydrogen) atoms. The van der Waals surface area contributed by atoms with Crippen molar-refractivity contribution in [1.82, 2.24) is 31.9 Å². The molecular formula is C31H57N11O10S. The second-order valence-corrected chi connectivity index (χ2v) is 13.2. The Kier molecular flexibility index (Phi) is 24.8. The van der Waals surface area contributed by atoms with Crippen molar-refractivity contribution < 1.29 is 48.3 Å². The van der Waals surface area contributed by atoms with Crippen LogP contribution in [-0.4, -0.2) is 126 Å². The molecule has 0 aliphatic rings. The molecule has 302 valence electrons. The Labute approximate surface area is 312 Å². The number of carbonyl (C=O) groups excluding carboxylic acids is 8. The molecule has 0 aromatic carbocycles. The molecule has 0 fully saturated rings. The molecule has 0 bridgehead atoms. The number of thioether (sulfide) groups is 1. The highest BCUT2D eigenvalue weighted by atomic mass is 32.2. The van der Waals surface area contributed by atoms with E-state index >= 15 is 0 Å². The van der Waals surface area contributed by atoms with Crippen molar-refractivity contribution >= 4 is 65.0 Å². The molecule has 0 heterocycles. The third-order valence-electron chi connectivity index (χ3n) is 7.59. The average Bonchev–Trinajstić information content (AvgIpc) is 3.08. The van der Waals surface area contributed by atoms with Crippen molar-refractivity contribution in [3.63, 3.8) is 0 Å². The van der Waals surface area contributed by atoms with Gasteiger partial charge in [0.15, 0.2) is 0 Å². The van der Waals surface area contributed by atoms with Gasteiger partial charge in [0, 0.05) is 6.42 Å². The molecule has 0 radical (unpaired) electrons. The van der Waals surface area contributed by atoms with Crippen molar-refractivity contribution in [2.75, 3.05) is 31.6 Å². The molecule has 21 nitrogen and oxygen atoms in total. The predicted octanol–water partition coefficient (Wildman–Crippen LogP) is -4.89. The Morgan fingerprint density at radius 1 is 0.604 bits per heavy atom. The number of rotatable bonds is 29. The molecule has 22 heteroatoms. The minimum absolute atomic E-state index is 0.0138. The van der Waals surface area contributed by atoms with Crippen LogP contribution in [0.3, 0.4) is 0 Å². The quantitative estimate of drug-likeness (QED) is 0.0317. The molecule has 0 aromatic rings. The van der Waals surface area contributed by atoms with Gasteiger partial charge >= 0.3 is 5.97 Å². The highest BCUT2D eigenvalue weighted by Crippen LogP contribution is 2.08. The van der Waals surface area contributed by atoms with Crippen molar-refractivity contribution in [2.45, 2.75) is 107 Å². The molecule has 0 rings (SSSR count). The van der Waals surface area contributed by atoms with Crippen molar-refractivity contribution in [2.24, 2.45) is 28.7 Å². The molecule has 0 unspecified atom stereocenters. The summed E-state index contributed by atoms with van der Waals surface area (Å²) in [4.78, 5) is 113. The molecule has 0 saturated carbocycles. The average molecular weight is 776 g/mol. The Bertz CT molecular complexity index is 1260. The molecule has 0 aliphatic carbocycles. The Morgan fingerprint density at radius 2 is 1.08 bits per heavy atom. The summed E-state index contributed by atoms with van der Waals surface area (Å²) in [5, 5.41) is 23.8. The van der Waals surface area contributed by atoms with Gasteiger partial charge in [-0.05, 0) is 83.4 Å². The number of carboxylic acids is 1. The largest absolute Gasteiger partial charge is 0.480 e. The van der Waals surface area contributed by atoms with Crippen molar-refractivity contribution in [3.05, 3.63) is 0 Å². The molecule has 17 N–H and O–H groups in total. The Balaban J connectivity index is 6.03. The van der Waals surface area contributed by atoms with Gasteiger partial charge in [0.1, 0.15) is 30.2 Å². The number of aliphatic carboxylic acids is 1. The highest BCUT2D eigenvalue weighted by Gasteiger charge is 2.32. The number of carbonyl (C=O) groups is 9. The minimum atomic E-state index is -1.58. The Morgan fingerprint density at radius 3 is 1.55 bits per heavy atom. The zero-order valence-electron chi connectivity index (χ0n) is 30.3. The standard InChI is InChI=1S/C31H57N11O10S/c1-17(34)26(46)39-20(11-14-53-2)29(49)42-22(15-24(36)44)30(50)40-18(7-3-5-12-32)28(48)41-19(9-10-23(35)43)27(47)37-16-25(45)38-21(31(51)52)8-4-6-13-33/h17-22H,3-16,32-34H2,1-2H3,(H2,35,43)(H2,36,44)(H,37,47)(H,38,45)(H,39,46)(H,40,50)(H,41,48)(H,42,49)(H,51,52)/t17-,18-,19-,20-,21-,22-/m0/s1. The van der Waals surface area contributed by atoms with Crippen LogP contribution in [0.4, 0.5) is 0 Å². The number of nitrogens with one attached hydrogen (secondary N) is 6. The summed E-state index contributed by atoms with van der Waals surface area (Å²) in [6.07, 6.45) is 2.42. The van der Waals surface area contributed by atoms with Crippen LogP contribution in [0.5, 0.6) is 0 Å². The van der Waals surface area contributed by atoms with E-state index in [-0.39, 0.29) is 38.6 Å². The van der Waals surface area contributed by atoms with Gasteiger partial charge in [-0.15, -0.1) is 0 Å². The second kappa shape index (κ2) is 27.1. The van der Waals surface area contributed by atoms with E-state index in [4.69, 9.17) is 28.7 Å². The smallest absolute Gasteiger partial charge is 0.326 e. The fourth-order valence-electron chi connectivity index (χ4n) is 4.64. The first-order valence-corrected chi connectivity index (χ1v) is 18.6. The number of amides is 8. The number of hydrogen-bond donors (Lipinski definition) is 12. The van der Waals surface area contributed by atoms with Crippen LogP contribution in [-0.2, 0) is 43.2 Å². The van der Waals surface area contributed by atoms with Crippen LogP contribution in [0.1, 0.15) is 71.1 Å². The number of nitrogens with two attached hydrogens (primary N) is 5. The fraction of sp³-hybridized carbons (Fsp3) is 0.710. The van der Waals surface area contributed by atoms with E-state index in [1.165, 1.54) is 18.7 Å². The first-order valence-electron chi connectivity index (χ1n) is 17.2. The third-order valence-corrected chi connectivity index (χ3v) is 8.24. The van der Waals surface area contributed by atoms with E-state index < -0.39 is 102 Å². The third kappa shape index (κ3) is 21.6. The van der Waals surface area contributed by atoms with E-state index in [0.717, 1.165) is 0 Å². The van der Waals surface area contributed by atoms with Gasteiger partial charge in [0.05, 0.1) is 19.0 Å². The Hall–Kier alpha value is -4.54. The van der Waals surface area contributed by atoms with Crippen LogP contribution in [0.25, 0.3) is 0 Å². The van der Waals surface area contributed by atoms with Crippen molar-refractivity contribution in [1.29, 1.82) is 0 Å². The zero-order chi connectivity index (χ0) is 40.5. The van der Waals surface area contributed by atoms with E-state index in [1.54, 1.807) is 6.26 Å². The molecule has 0 spiro atoms. The summed E-state index contributed by atoms with van der Waals surface area (Å²) in [7, 11) is 0. The van der Waals surface area contributed by atoms with E-state index in [2.05, 4.69) is 31.9 Å². The van der Waals surface area contributed by atoms with Gasteiger partial charge in [-0.2, -0.15) is 11.8 Å². The molecule has 6 atom stereocenters. The van der Waals surface area contributed by atoms with Crippen LogP contribution < -0.4 is 60.6 Å². The fourth-order valence-corrected chi connectivity index (χ4v) is 5.11. The number of primary amides is 2.